The molecular weight excluding hydrogens is 218 g/mol. The molecule has 1 aromatic heterocycles. The highest BCUT2D eigenvalue weighted by molar-refractivity contribution is 7.80. The van der Waals surface area contributed by atoms with Crippen molar-refractivity contribution in [3.8, 4) is 0 Å². The van der Waals surface area contributed by atoms with Crippen molar-refractivity contribution in [2.75, 3.05) is 5.32 Å². The first-order chi connectivity index (χ1) is 7.65. The molecule has 2 aromatic rings. The second-order valence-electron chi connectivity index (χ2n) is 3.62. The van der Waals surface area contributed by atoms with Crippen molar-refractivity contribution in [2.24, 2.45) is 0 Å². The molecule has 0 unspecified atom stereocenters. The molecule has 0 aliphatic heterocycles. The van der Waals surface area contributed by atoms with Gasteiger partial charge >= 0.3 is 0 Å². The minimum Gasteiger partial charge on any atom is -0.323 e. The molecular formula is C12H13N3S. The number of thiol groups is 1. The second-order valence-corrected chi connectivity index (χ2v) is 4.10. The summed E-state index contributed by atoms with van der Waals surface area (Å²) in [6.07, 6.45) is 0. The van der Waals surface area contributed by atoms with Gasteiger partial charge in [-0.05, 0) is 32.0 Å². The molecule has 1 heterocycles. The number of para-hydroxylation sites is 1. The van der Waals surface area contributed by atoms with Crippen LogP contribution in [0.2, 0.25) is 0 Å². The Labute approximate surface area is 100 Å². The summed E-state index contributed by atoms with van der Waals surface area (Å²) in [5.41, 5.74) is 2.81. The first-order valence-corrected chi connectivity index (χ1v) is 5.47. The van der Waals surface area contributed by atoms with E-state index in [1.54, 1.807) is 0 Å². The standard InChI is InChI=1S/C12H13N3S/c1-8-7-9(2)14-12(13-8)15-10-5-3-4-6-11(10)16/h3-7,16H,1-2H3,(H,13,14,15). The molecule has 0 atom stereocenters. The molecule has 0 spiro atoms. The van der Waals surface area contributed by atoms with Crippen molar-refractivity contribution in [1.82, 2.24) is 9.97 Å². The quantitative estimate of drug-likeness (QED) is 0.780. The van der Waals surface area contributed by atoms with E-state index in [1.165, 1.54) is 0 Å². The van der Waals surface area contributed by atoms with Crippen molar-refractivity contribution < 1.29 is 0 Å². The molecule has 1 aromatic carbocycles. The summed E-state index contributed by atoms with van der Waals surface area (Å²) in [5, 5.41) is 3.16. The molecule has 0 saturated carbocycles. The third-order valence-corrected chi connectivity index (χ3v) is 2.52. The Morgan fingerprint density at radius 1 is 1.06 bits per heavy atom. The highest BCUT2D eigenvalue weighted by Gasteiger charge is 2.02. The lowest BCUT2D eigenvalue weighted by molar-refractivity contribution is 1.06. The van der Waals surface area contributed by atoms with Gasteiger partial charge in [0.25, 0.3) is 0 Å². The lowest BCUT2D eigenvalue weighted by atomic mass is 10.3. The van der Waals surface area contributed by atoms with E-state index in [0.717, 1.165) is 22.0 Å². The normalized spacial score (nSPS) is 10.2. The van der Waals surface area contributed by atoms with Gasteiger partial charge in [0.2, 0.25) is 5.95 Å². The van der Waals surface area contributed by atoms with Crippen LogP contribution in [0, 0.1) is 13.8 Å². The summed E-state index contributed by atoms with van der Waals surface area (Å²) in [6, 6.07) is 9.70. The maximum atomic E-state index is 4.36. The smallest absolute Gasteiger partial charge is 0.227 e. The van der Waals surface area contributed by atoms with Crippen LogP contribution in [0.15, 0.2) is 35.2 Å². The molecule has 0 radical (unpaired) electrons. The molecule has 1 N–H and O–H groups in total. The van der Waals surface area contributed by atoms with Crippen LogP contribution >= 0.6 is 12.6 Å². The first kappa shape index (κ1) is 11.0. The van der Waals surface area contributed by atoms with Gasteiger partial charge in [0.15, 0.2) is 0 Å². The van der Waals surface area contributed by atoms with Gasteiger partial charge in [0.05, 0.1) is 5.69 Å². The van der Waals surface area contributed by atoms with Gasteiger partial charge in [-0.1, -0.05) is 12.1 Å². The maximum Gasteiger partial charge on any atom is 0.227 e. The molecule has 0 aliphatic rings. The minimum atomic E-state index is 0.610. The van der Waals surface area contributed by atoms with E-state index < -0.39 is 0 Å². The zero-order valence-electron chi connectivity index (χ0n) is 9.23. The predicted octanol–water partition coefficient (Wildman–Crippen LogP) is 3.13. The van der Waals surface area contributed by atoms with Crippen LogP contribution in [-0.4, -0.2) is 9.97 Å². The van der Waals surface area contributed by atoms with Crippen molar-refractivity contribution in [1.29, 1.82) is 0 Å². The van der Waals surface area contributed by atoms with Crippen LogP contribution in [0.3, 0.4) is 0 Å². The number of nitrogens with zero attached hydrogens (tertiary/aromatic N) is 2. The molecule has 0 bridgehead atoms. The van der Waals surface area contributed by atoms with Gasteiger partial charge in [-0.25, -0.2) is 9.97 Å². The monoisotopic (exact) mass is 231 g/mol. The van der Waals surface area contributed by atoms with Crippen molar-refractivity contribution in [2.45, 2.75) is 18.7 Å². The van der Waals surface area contributed by atoms with Gasteiger partial charge in [-0.2, -0.15) is 0 Å². The summed E-state index contributed by atoms with van der Waals surface area (Å²) in [7, 11) is 0. The lowest BCUT2D eigenvalue weighted by Crippen LogP contribution is -2.00. The van der Waals surface area contributed by atoms with Crippen molar-refractivity contribution >= 4 is 24.3 Å². The zero-order valence-corrected chi connectivity index (χ0v) is 10.1. The van der Waals surface area contributed by atoms with E-state index in [4.69, 9.17) is 0 Å². The average Bonchev–Trinajstić information content (AvgIpc) is 2.20. The highest BCUT2D eigenvalue weighted by Crippen LogP contribution is 2.21. The molecule has 0 saturated heterocycles. The molecule has 0 fully saturated rings. The van der Waals surface area contributed by atoms with Gasteiger partial charge in [-0.15, -0.1) is 12.6 Å². The highest BCUT2D eigenvalue weighted by atomic mass is 32.1. The van der Waals surface area contributed by atoms with E-state index in [1.807, 2.05) is 44.2 Å². The summed E-state index contributed by atoms with van der Waals surface area (Å²) in [6.45, 7) is 3.90. The van der Waals surface area contributed by atoms with E-state index >= 15 is 0 Å². The van der Waals surface area contributed by atoms with Crippen LogP contribution in [0.4, 0.5) is 11.6 Å². The number of aryl methyl sites for hydroxylation is 2. The minimum absolute atomic E-state index is 0.610. The van der Waals surface area contributed by atoms with Crippen LogP contribution in [-0.2, 0) is 0 Å². The number of hydrogen-bond acceptors (Lipinski definition) is 4. The summed E-state index contributed by atoms with van der Waals surface area (Å²) in [4.78, 5) is 9.51. The number of hydrogen-bond donors (Lipinski definition) is 2. The zero-order chi connectivity index (χ0) is 11.5. The van der Waals surface area contributed by atoms with Crippen LogP contribution in [0.25, 0.3) is 0 Å². The molecule has 3 nitrogen and oxygen atoms in total. The Kier molecular flexibility index (Phi) is 3.10. The average molecular weight is 231 g/mol. The number of aromatic nitrogens is 2. The maximum absolute atomic E-state index is 4.36. The Morgan fingerprint density at radius 2 is 1.69 bits per heavy atom. The fraction of sp³-hybridized carbons (Fsp3) is 0.167. The van der Waals surface area contributed by atoms with E-state index in [-0.39, 0.29) is 0 Å². The SMILES string of the molecule is Cc1cc(C)nc(Nc2ccccc2S)n1. The largest absolute Gasteiger partial charge is 0.323 e. The third kappa shape index (κ3) is 2.52. The van der Waals surface area contributed by atoms with Gasteiger partial charge in [-0.3, -0.25) is 0 Å². The number of nitrogens with one attached hydrogen (secondary N) is 1. The predicted molar refractivity (Wildman–Crippen MR) is 68.5 cm³/mol. The van der Waals surface area contributed by atoms with E-state index in [0.29, 0.717) is 5.95 Å². The Hall–Kier alpha value is -1.55. The van der Waals surface area contributed by atoms with Gasteiger partial charge in [0.1, 0.15) is 0 Å². The van der Waals surface area contributed by atoms with Gasteiger partial charge < -0.3 is 5.32 Å². The molecule has 16 heavy (non-hydrogen) atoms. The fourth-order valence-electron chi connectivity index (χ4n) is 1.48. The van der Waals surface area contributed by atoms with Crippen LogP contribution in [0.5, 0.6) is 0 Å². The van der Waals surface area contributed by atoms with Gasteiger partial charge in [0, 0.05) is 16.3 Å². The Balaban J connectivity index is 2.30. The number of benzene rings is 1. The molecule has 4 heteroatoms. The second kappa shape index (κ2) is 4.53. The van der Waals surface area contributed by atoms with E-state index in [2.05, 4.69) is 27.9 Å². The number of rotatable bonds is 2. The summed E-state index contributed by atoms with van der Waals surface area (Å²) >= 11 is 4.36. The fourth-order valence-corrected chi connectivity index (χ4v) is 1.70. The summed E-state index contributed by atoms with van der Waals surface area (Å²) in [5.74, 6) is 0.610. The molecule has 82 valence electrons. The molecule has 0 aliphatic carbocycles. The first-order valence-electron chi connectivity index (χ1n) is 5.02. The number of anilines is 2. The summed E-state index contributed by atoms with van der Waals surface area (Å²) < 4.78 is 0. The van der Waals surface area contributed by atoms with Crippen molar-refractivity contribution in [3.63, 3.8) is 0 Å². The lowest BCUT2D eigenvalue weighted by Gasteiger charge is -2.08. The van der Waals surface area contributed by atoms with Crippen molar-refractivity contribution in [3.05, 3.63) is 41.7 Å². The molecule has 0 amide bonds. The molecule has 2 rings (SSSR count). The van der Waals surface area contributed by atoms with Crippen LogP contribution < -0.4 is 5.32 Å². The Morgan fingerprint density at radius 3 is 2.31 bits per heavy atom. The third-order valence-electron chi connectivity index (χ3n) is 2.13. The Bertz CT molecular complexity index is 491. The van der Waals surface area contributed by atoms with Crippen LogP contribution in [0.1, 0.15) is 11.4 Å². The van der Waals surface area contributed by atoms with E-state index in [9.17, 15) is 0 Å². The topological polar surface area (TPSA) is 37.8 Å².